The van der Waals surface area contributed by atoms with Gasteiger partial charge in [-0.15, -0.1) is 0 Å². The second-order valence-corrected chi connectivity index (χ2v) is 9.70. The molecule has 3 N–H and O–H groups in total. The first-order valence-electron chi connectivity index (χ1n) is 13.4. The smallest absolute Gasteiger partial charge is 0.335 e. The van der Waals surface area contributed by atoms with Gasteiger partial charge < -0.3 is 9.84 Å². The van der Waals surface area contributed by atoms with Crippen LogP contribution in [-0.2, 0) is 9.53 Å². The van der Waals surface area contributed by atoms with E-state index in [0.717, 1.165) is 29.6 Å². The van der Waals surface area contributed by atoms with E-state index in [2.05, 4.69) is 20.8 Å². The van der Waals surface area contributed by atoms with Gasteiger partial charge in [0.2, 0.25) is 0 Å². The van der Waals surface area contributed by atoms with E-state index in [4.69, 9.17) is 10.5 Å². The molecule has 4 heteroatoms. The lowest BCUT2D eigenvalue weighted by molar-refractivity contribution is -0.132. The third-order valence-corrected chi connectivity index (χ3v) is 6.70. The van der Waals surface area contributed by atoms with Crippen molar-refractivity contribution in [2.45, 2.75) is 90.7 Å². The van der Waals surface area contributed by atoms with Crippen LogP contribution in [0.4, 0.5) is 0 Å². The molecular weight excluding hydrogens is 434 g/mol. The van der Waals surface area contributed by atoms with Gasteiger partial charge in [0.1, 0.15) is 5.72 Å². The summed E-state index contributed by atoms with van der Waals surface area (Å²) in [6.07, 6.45) is 20.9. The molecule has 2 atom stereocenters. The molecule has 0 fully saturated rings. The van der Waals surface area contributed by atoms with Crippen LogP contribution in [0.25, 0.3) is 6.08 Å². The first-order valence-corrected chi connectivity index (χ1v) is 13.4. The highest BCUT2D eigenvalue weighted by Crippen LogP contribution is 2.29. The van der Waals surface area contributed by atoms with Crippen LogP contribution in [0.3, 0.4) is 0 Å². The molecule has 0 bridgehead atoms. The molecule has 192 valence electrons. The highest BCUT2D eigenvalue weighted by atomic mass is 16.5. The number of aliphatic carboxylic acids is 1. The molecule has 2 unspecified atom stereocenters. The van der Waals surface area contributed by atoms with Crippen LogP contribution in [0.15, 0.2) is 71.4 Å². The number of hydrogen-bond donors (Lipinski definition) is 2. The molecular formula is C31H45NO3. The third kappa shape index (κ3) is 10.4. The van der Waals surface area contributed by atoms with Gasteiger partial charge in [0.05, 0.1) is 5.57 Å². The maximum absolute atomic E-state index is 12.2. The average molecular weight is 480 g/mol. The summed E-state index contributed by atoms with van der Waals surface area (Å²) in [6.45, 7) is 7.04. The molecule has 1 aromatic rings. The minimum atomic E-state index is -0.919. The molecule has 0 radical (unpaired) electrons. The van der Waals surface area contributed by atoms with E-state index >= 15 is 0 Å². The summed E-state index contributed by atoms with van der Waals surface area (Å²) in [7, 11) is 0. The maximum atomic E-state index is 12.2. The van der Waals surface area contributed by atoms with E-state index in [1.807, 2.05) is 54.6 Å². The molecule has 0 spiro atoms. The van der Waals surface area contributed by atoms with Crippen LogP contribution in [0, 0.1) is 5.92 Å². The number of nitrogens with two attached hydrogens (primary N) is 1. The van der Waals surface area contributed by atoms with Crippen molar-refractivity contribution in [2.75, 3.05) is 6.61 Å². The van der Waals surface area contributed by atoms with E-state index in [-0.39, 0.29) is 5.92 Å². The largest absolute Gasteiger partial charge is 0.478 e. The number of carbonyl (C=O) groups is 1. The van der Waals surface area contributed by atoms with E-state index in [1.54, 1.807) is 6.08 Å². The minimum absolute atomic E-state index is 0.120. The zero-order valence-corrected chi connectivity index (χ0v) is 22.0. The predicted octanol–water partition coefficient (Wildman–Crippen LogP) is 7.83. The van der Waals surface area contributed by atoms with Crippen molar-refractivity contribution in [3.63, 3.8) is 0 Å². The molecule has 0 aliphatic heterocycles. The number of rotatable bonds is 16. The van der Waals surface area contributed by atoms with Crippen LogP contribution >= 0.6 is 0 Å². The topological polar surface area (TPSA) is 72.5 Å². The van der Waals surface area contributed by atoms with Crippen molar-refractivity contribution in [3.8, 4) is 0 Å². The standard InChI is InChI=1S/C31H45NO3/c1-4-6-7-8-9-10-11-15-22-35-31(32)20-18-27(19-21-31)24-29(30(33)34)28(25(3)5-2)23-26-16-13-12-14-17-26/h12-14,16-20,23-25H,4-11,15,21-22,32H2,1-3H3,(H,33,34). The Balaban J connectivity index is 1.98. The summed E-state index contributed by atoms with van der Waals surface area (Å²) in [6, 6.07) is 9.88. The second kappa shape index (κ2) is 15.5. The Morgan fingerprint density at radius 2 is 1.71 bits per heavy atom. The zero-order valence-electron chi connectivity index (χ0n) is 22.0. The van der Waals surface area contributed by atoms with Gasteiger partial charge in [-0.2, -0.15) is 0 Å². The normalized spacial score (nSPS) is 19.5. The van der Waals surface area contributed by atoms with Crippen LogP contribution in [0.1, 0.15) is 90.5 Å². The van der Waals surface area contributed by atoms with Crippen molar-refractivity contribution in [3.05, 3.63) is 76.9 Å². The number of unbranched alkanes of at least 4 members (excludes halogenated alkanes) is 7. The van der Waals surface area contributed by atoms with Gasteiger partial charge in [-0.1, -0.05) is 114 Å². The summed E-state index contributed by atoms with van der Waals surface area (Å²) in [5.74, 6) is -0.799. The molecule has 0 aromatic heterocycles. The lowest BCUT2D eigenvalue weighted by Gasteiger charge is -2.28. The molecule has 0 heterocycles. The Kier molecular flexibility index (Phi) is 12.8. The summed E-state index contributed by atoms with van der Waals surface area (Å²) in [4.78, 5) is 12.2. The van der Waals surface area contributed by atoms with Gasteiger partial charge >= 0.3 is 5.97 Å². The highest BCUT2D eigenvalue weighted by Gasteiger charge is 2.24. The number of allylic oxidation sites excluding steroid dienone is 3. The van der Waals surface area contributed by atoms with Gasteiger partial charge in [0.15, 0.2) is 0 Å². The SMILES string of the molecule is CCCCCCCCCCOC1(N)C=CC(C=C(C(=O)O)C(=Cc2ccccc2)C(C)CC)=CC1. The molecule has 4 nitrogen and oxygen atoms in total. The molecule has 0 saturated heterocycles. The zero-order chi connectivity index (χ0) is 25.5. The molecule has 0 amide bonds. The highest BCUT2D eigenvalue weighted by molar-refractivity contribution is 5.94. The third-order valence-electron chi connectivity index (χ3n) is 6.70. The predicted molar refractivity (Wildman–Crippen MR) is 147 cm³/mol. The van der Waals surface area contributed by atoms with Crippen molar-refractivity contribution < 1.29 is 14.6 Å². The monoisotopic (exact) mass is 479 g/mol. The van der Waals surface area contributed by atoms with Crippen LogP contribution < -0.4 is 5.73 Å². The summed E-state index contributed by atoms with van der Waals surface area (Å²) in [5.41, 5.74) is 8.62. The molecule has 2 rings (SSSR count). The first kappa shape index (κ1) is 28.8. The molecule has 1 aromatic carbocycles. The van der Waals surface area contributed by atoms with Crippen molar-refractivity contribution in [1.82, 2.24) is 0 Å². The van der Waals surface area contributed by atoms with Gasteiger partial charge in [0, 0.05) is 13.0 Å². The van der Waals surface area contributed by atoms with Crippen LogP contribution in [-0.4, -0.2) is 23.4 Å². The first-order chi connectivity index (χ1) is 16.9. The number of benzene rings is 1. The number of hydrogen-bond acceptors (Lipinski definition) is 3. The minimum Gasteiger partial charge on any atom is -0.478 e. The molecule has 1 aliphatic rings. The van der Waals surface area contributed by atoms with Crippen molar-refractivity contribution in [2.24, 2.45) is 11.7 Å². The number of ether oxygens (including phenoxy) is 1. The number of carboxylic acids is 1. The van der Waals surface area contributed by atoms with Crippen LogP contribution in [0.2, 0.25) is 0 Å². The Bertz CT molecular complexity index is 897. The Hall–Kier alpha value is -2.43. The Labute approximate surface area is 212 Å². The maximum Gasteiger partial charge on any atom is 0.335 e. The van der Waals surface area contributed by atoms with Crippen molar-refractivity contribution >= 4 is 12.0 Å². The molecule has 35 heavy (non-hydrogen) atoms. The van der Waals surface area contributed by atoms with Gasteiger partial charge in [-0.25, -0.2) is 4.79 Å². The number of carboxylic acid groups (broad SMARTS) is 1. The second-order valence-electron chi connectivity index (χ2n) is 9.70. The fourth-order valence-corrected chi connectivity index (χ4v) is 4.23. The Morgan fingerprint density at radius 3 is 2.29 bits per heavy atom. The van der Waals surface area contributed by atoms with E-state index in [9.17, 15) is 9.90 Å². The van der Waals surface area contributed by atoms with Gasteiger partial charge in [-0.3, -0.25) is 5.73 Å². The quantitative estimate of drug-likeness (QED) is 0.110. The summed E-state index contributed by atoms with van der Waals surface area (Å²) >= 11 is 0. The van der Waals surface area contributed by atoms with Crippen LogP contribution in [0.5, 0.6) is 0 Å². The Morgan fingerprint density at radius 1 is 1.06 bits per heavy atom. The average Bonchev–Trinajstić information content (AvgIpc) is 2.86. The summed E-state index contributed by atoms with van der Waals surface area (Å²) < 4.78 is 6.00. The van der Waals surface area contributed by atoms with E-state index in [1.165, 1.54) is 44.9 Å². The van der Waals surface area contributed by atoms with Crippen molar-refractivity contribution in [1.29, 1.82) is 0 Å². The fourth-order valence-electron chi connectivity index (χ4n) is 4.23. The van der Waals surface area contributed by atoms with E-state index in [0.29, 0.717) is 18.6 Å². The molecule has 1 aliphatic carbocycles. The lowest BCUT2D eigenvalue weighted by atomic mass is 9.88. The van der Waals surface area contributed by atoms with E-state index < -0.39 is 11.7 Å². The lowest BCUT2D eigenvalue weighted by Crippen LogP contribution is -2.41. The fraction of sp³-hybridized carbons (Fsp3) is 0.516. The molecule has 0 saturated carbocycles. The van der Waals surface area contributed by atoms with Gasteiger partial charge in [-0.05, 0) is 47.6 Å². The summed E-state index contributed by atoms with van der Waals surface area (Å²) in [5, 5.41) is 10.0. The van der Waals surface area contributed by atoms with Gasteiger partial charge in [0.25, 0.3) is 0 Å².